The van der Waals surface area contributed by atoms with Crippen molar-refractivity contribution < 1.29 is 4.79 Å². The topological polar surface area (TPSA) is 35.6 Å². The highest BCUT2D eigenvalue weighted by Crippen LogP contribution is 2.37. The molecule has 142 valence electrons. The van der Waals surface area contributed by atoms with Gasteiger partial charge < -0.3 is 10.2 Å². The van der Waals surface area contributed by atoms with Crippen LogP contribution in [0.1, 0.15) is 37.8 Å². The summed E-state index contributed by atoms with van der Waals surface area (Å²) >= 11 is 0. The molecule has 2 fully saturated rings. The molecule has 25 heavy (non-hydrogen) atoms. The van der Waals surface area contributed by atoms with Crippen molar-refractivity contribution >= 4 is 30.7 Å². The van der Waals surface area contributed by atoms with Crippen molar-refractivity contribution in [3.63, 3.8) is 0 Å². The molecule has 0 aliphatic carbocycles. The molecule has 0 bridgehead atoms. The first-order valence-electron chi connectivity index (χ1n) is 8.90. The summed E-state index contributed by atoms with van der Waals surface area (Å²) in [4.78, 5) is 17.4. The van der Waals surface area contributed by atoms with E-state index in [1.165, 1.54) is 6.42 Å². The van der Waals surface area contributed by atoms with Crippen LogP contribution in [-0.2, 0) is 4.79 Å². The summed E-state index contributed by atoms with van der Waals surface area (Å²) in [5.41, 5.74) is 1.56. The number of nitrogens with one attached hydrogen (secondary N) is 1. The van der Waals surface area contributed by atoms with Gasteiger partial charge in [-0.25, -0.2) is 0 Å². The minimum atomic E-state index is -0.156. The second kappa shape index (κ2) is 9.77. The number of benzene rings is 1. The lowest BCUT2D eigenvalue weighted by Crippen LogP contribution is -2.48. The minimum absolute atomic E-state index is 0. The predicted octanol–water partition coefficient (Wildman–Crippen LogP) is 3.13. The number of amides is 1. The average Bonchev–Trinajstić information content (AvgIpc) is 3.04. The minimum Gasteiger partial charge on any atom is -0.341 e. The van der Waals surface area contributed by atoms with E-state index in [1.807, 2.05) is 25.2 Å². The summed E-state index contributed by atoms with van der Waals surface area (Å²) in [6.45, 7) is 7.06. The molecule has 1 atom stereocenters. The van der Waals surface area contributed by atoms with Gasteiger partial charge in [-0.05, 0) is 50.4 Å². The van der Waals surface area contributed by atoms with Crippen molar-refractivity contribution in [1.82, 2.24) is 15.1 Å². The van der Waals surface area contributed by atoms with Crippen molar-refractivity contribution in [3.05, 3.63) is 35.9 Å². The zero-order valence-corrected chi connectivity index (χ0v) is 16.9. The molecule has 2 aliphatic heterocycles. The molecule has 1 aromatic rings. The maximum atomic E-state index is 13.2. The molecule has 6 heteroatoms. The van der Waals surface area contributed by atoms with Crippen LogP contribution in [0.25, 0.3) is 0 Å². The van der Waals surface area contributed by atoms with Gasteiger partial charge in [-0.3, -0.25) is 9.69 Å². The van der Waals surface area contributed by atoms with E-state index in [4.69, 9.17) is 0 Å². The van der Waals surface area contributed by atoms with Gasteiger partial charge in [-0.2, -0.15) is 0 Å². The van der Waals surface area contributed by atoms with E-state index in [-0.39, 0.29) is 36.8 Å². The second-order valence-electron chi connectivity index (χ2n) is 7.14. The Hall–Kier alpha value is -0.810. The Kier molecular flexibility index (Phi) is 8.69. The lowest BCUT2D eigenvalue weighted by Gasteiger charge is -2.41. The average molecular weight is 388 g/mol. The molecule has 0 aromatic heterocycles. The second-order valence-corrected chi connectivity index (χ2v) is 7.14. The number of hydrogen-bond acceptors (Lipinski definition) is 3. The van der Waals surface area contributed by atoms with Crippen molar-refractivity contribution in [2.45, 2.75) is 32.2 Å². The van der Waals surface area contributed by atoms with Crippen LogP contribution in [0.3, 0.4) is 0 Å². The molecule has 1 spiro atoms. The largest absolute Gasteiger partial charge is 0.341 e. The fourth-order valence-corrected chi connectivity index (χ4v) is 4.00. The van der Waals surface area contributed by atoms with Crippen LogP contribution in [0.2, 0.25) is 0 Å². The van der Waals surface area contributed by atoms with Crippen LogP contribution >= 0.6 is 24.8 Å². The molecule has 2 heterocycles. The number of nitrogens with zero attached hydrogens (tertiary/aromatic N) is 2. The van der Waals surface area contributed by atoms with Crippen molar-refractivity contribution in [1.29, 1.82) is 0 Å². The van der Waals surface area contributed by atoms with Crippen LogP contribution in [0.15, 0.2) is 30.3 Å². The molecule has 1 unspecified atom stereocenters. The van der Waals surface area contributed by atoms with Gasteiger partial charge in [0.25, 0.3) is 0 Å². The Bertz CT molecular complexity index is 525. The Labute approximate surface area is 164 Å². The highest BCUT2D eigenvalue weighted by Gasteiger charge is 2.39. The molecule has 1 N–H and O–H groups in total. The zero-order chi connectivity index (χ0) is 16.3. The van der Waals surface area contributed by atoms with Gasteiger partial charge >= 0.3 is 0 Å². The van der Waals surface area contributed by atoms with Crippen LogP contribution in [0.4, 0.5) is 0 Å². The fraction of sp³-hybridized carbons (Fsp3) is 0.632. The van der Waals surface area contributed by atoms with Gasteiger partial charge in [-0.1, -0.05) is 37.3 Å². The summed E-state index contributed by atoms with van der Waals surface area (Å²) in [5.74, 6) is 0.265. The third-order valence-electron chi connectivity index (χ3n) is 5.76. The van der Waals surface area contributed by atoms with Gasteiger partial charge in [0.2, 0.25) is 5.91 Å². The van der Waals surface area contributed by atoms with E-state index in [1.54, 1.807) is 0 Å². The first-order chi connectivity index (χ1) is 11.2. The lowest BCUT2D eigenvalue weighted by atomic mass is 9.77. The maximum absolute atomic E-state index is 13.2. The van der Waals surface area contributed by atoms with E-state index < -0.39 is 0 Å². The van der Waals surface area contributed by atoms with E-state index in [0.29, 0.717) is 5.41 Å². The molecule has 1 amide bonds. The summed E-state index contributed by atoms with van der Waals surface area (Å²) < 4.78 is 0. The normalized spacial score (nSPS) is 20.0. The maximum Gasteiger partial charge on any atom is 0.244 e. The number of halogens is 2. The predicted molar refractivity (Wildman–Crippen MR) is 108 cm³/mol. The van der Waals surface area contributed by atoms with Gasteiger partial charge in [0.15, 0.2) is 0 Å². The quantitative estimate of drug-likeness (QED) is 0.861. The summed E-state index contributed by atoms with van der Waals surface area (Å²) in [6, 6.07) is 10.0. The number of rotatable bonds is 4. The summed E-state index contributed by atoms with van der Waals surface area (Å²) in [6.07, 6.45) is 3.55. The molecule has 3 rings (SSSR count). The molecular weight excluding hydrogens is 357 g/mol. The molecule has 2 saturated heterocycles. The van der Waals surface area contributed by atoms with Crippen LogP contribution < -0.4 is 5.32 Å². The summed E-state index contributed by atoms with van der Waals surface area (Å²) in [7, 11) is 2.04. The molecule has 4 nitrogen and oxygen atoms in total. The van der Waals surface area contributed by atoms with E-state index >= 15 is 0 Å². The van der Waals surface area contributed by atoms with Crippen molar-refractivity contribution in [2.24, 2.45) is 5.41 Å². The van der Waals surface area contributed by atoms with Gasteiger partial charge in [0, 0.05) is 19.6 Å². The van der Waals surface area contributed by atoms with Crippen LogP contribution in [-0.4, -0.2) is 55.5 Å². The Morgan fingerprint density at radius 3 is 2.36 bits per heavy atom. The number of likely N-dealkylation sites (N-methyl/N-ethyl adjacent to an activating group) is 1. The number of likely N-dealkylation sites (tertiary alicyclic amines) is 1. The lowest BCUT2D eigenvalue weighted by molar-refractivity contribution is -0.139. The van der Waals surface area contributed by atoms with Gasteiger partial charge in [0.1, 0.15) is 6.04 Å². The number of carbonyl (C=O) groups is 1. The van der Waals surface area contributed by atoms with E-state index in [0.717, 1.165) is 51.1 Å². The van der Waals surface area contributed by atoms with Crippen molar-refractivity contribution in [2.75, 3.05) is 39.8 Å². The van der Waals surface area contributed by atoms with Crippen molar-refractivity contribution in [3.8, 4) is 0 Å². The smallest absolute Gasteiger partial charge is 0.244 e. The number of piperidine rings is 1. The molecule has 0 radical (unpaired) electrons. The standard InChI is InChI=1S/C19H29N3O.2ClH/c1-3-21(2)17(16-7-5-4-6-8-16)18(23)22-13-10-19(11-14-22)9-12-20-15-19;;/h4-8,17,20H,3,9-15H2,1-2H3;2*1H. The zero-order valence-electron chi connectivity index (χ0n) is 15.2. The first-order valence-corrected chi connectivity index (χ1v) is 8.90. The van der Waals surface area contributed by atoms with Crippen LogP contribution in [0, 0.1) is 5.41 Å². The Balaban J connectivity index is 0.00000156. The van der Waals surface area contributed by atoms with Gasteiger partial charge in [0.05, 0.1) is 0 Å². The molecule has 1 aromatic carbocycles. The van der Waals surface area contributed by atoms with Gasteiger partial charge in [-0.15, -0.1) is 24.8 Å². The molecule has 2 aliphatic rings. The van der Waals surface area contributed by atoms with E-state index in [2.05, 4.69) is 34.2 Å². The molecule has 0 saturated carbocycles. The number of hydrogen-bond donors (Lipinski definition) is 1. The fourth-order valence-electron chi connectivity index (χ4n) is 4.00. The highest BCUT2D eigenvalue weighted by molar-refractivity contribution is 5.85. The Morgan fingerprint density at radius 2 is 1.84 bits per heavy atom. The monoisotopic (exact) mass is 387 g/mol. The summed E-state index contributed by atoms with van der Waals surface area (Å²) in [5, 5.41) is 3.49. The Morgan fingerprint density at radius 1 is 1.20 bits per heavy atom. The third-order valence-corrected chi connectivity index (χ3v) is 5.76. The van der Waals surface area contributed by atoms with Crippen LogP contribution in [0.5, 0.6) is 0 Å². The first kappa shape index (κ1) is 22.2. The number of carbonyl (C=O) groups excluding carboxylic acids is 1. The SMILES string of the molecule is CCN(C)C(C(=O)N1CCC2(CCNC2)CC1)c1ccccc1.Cl.Cl. The third kappa shape index (κ3) is 4.88. The molecular formula is C19H31Cl2N3O. The highest BCUT2D eigenvalue weighted by atomic mass is 35.5. The van der Waals surface area contributed by atoms with E-state index in [9.17, 15) is 4.79 Å².